The Morgan fingerprint density at radius 1 is 1.74 bits per heavy atom. The fourth-order valence-corrected chi connectivity index (χ4v) is 2.20. The highest BCUT2D eigenvalue weighted by molar-refractivity contribution is 5.24. The summed E-state index contributed by atoms with van der Waals surface area (Å²) in [7, 11) is 0. The zero-order valence-corrected chi connectivity index (χ0v) is 10.4. The Morgan fingerprint density at radius 3 is 2.89 bits per heavy atom. The summed E-state index contributed by atoms with van der Waals surface area (Å²) in [6, 6.07) is 1.44. The van der Waals surface area contributed by atoms with Crippen molar-refractivity contribution in [2.45, 2.75) is 24.9 Å². The average Bonchev–Trinajstić information content (AvgIpc) is 2.64. The molecule has 0 spiro atoms. The van der Waals surface area contributed by atoms with Crippen molar-refractivity contribution in [3.8, 4) is 12.3 Å². The van der Waals surface area contributed by atoms with Gasteiger partial charge in [0.2, 0.25) is 0 Å². The van der Waals surface area contributed by atoms with Gasteiger partial charge in [0.05, 0.1) is 6.61 Å². The van der Waals surface area contributed by atoms with E-state index in [4.69, 9.17) is 16.9 Å². The predicted octanol–water partition coefficient (Wildman–Crippen LogP) is -1.28. The average molecular weight is 265 g/mol. The SMILES string of the molecule is C#C[C@]1(CO)O[C@@H](n2ccc(N)nc2=O)[C@@H](C)[C@@H]1O. The van der Waals surface area contributed by atoms with Gasteiger partial charge in [0.1, 0.15) is 18.1 Å². The van der Waals surface area contributed by atoms with Gasteiger partial charge in [0.25, 0.3) is 0 Å². The lowest BCUT2D eigenvalue weighted by atomic mass is 9.92. The maximum Gasteiger partial charge on any atom is 0.351 e. The molecule has 7 nitrogen and oxygen atoms in total. The van der Waals surface area contributed by atoms with Crippen LogP contribution in [0.5, 0.6) is 0 Å². The zero-order valence-electron chi connectivity index (χ0n) is 10.4. The minimum Gasteiger partial charge on any atom is -0.392 e. The molecule has 0 amide bonds. The first-order valence-electron chi connectivity index (χ1n) is 5.74. The summed E-state index contributed by atoms with van der Waals surface area (Å²) in [6.45, 7) is 1.13. The highest BCUT2D eigenvalue weighted by Gasteiger charge is 2.52. The molecule has 0 radical (unpaired) electrons. The summed E-state index contributed by atoms with van der Waals surface area (Å²) in [6.07, 6.45) is 4.84. The van der Waals surface area contributed by atoms with E-state index < -0.39 is 36.1 Å². The van der Waals surface area contributed by atoms with Crippen molar-refractivity contribution >= 4 is 5.82 Å². The van der Waals surface area contributed by atoms with E-state index in [-0.39, 0.29) is 5.82 Å². The van der Waals surface area contributed by atoms with E-state index in [1.807, 2.05) is 0 Å². The Balaban J connectivity index is 2.43. The topological polar surface area (TPSA) is 111 Å². The van der Waals surface area contributed by atoms with E-state index in [1.54, 1.807) is 6.92 Å². The van der Waals surface area contributed by atoms with Gasteiger partial charge < -0.3 is 20.7 Å². The van der Waals surface area contributed by atoms with E-state index in [1.165, 1.54) is 16.8 Å². The van der Waals surface area contributed by atoms with Gasteiger partial charge in [-0.25, -0.2) is 4.79 Å². The Bertz CT molecular complexity index is 579. The van der Waals surface area contributed by atoms with Crippen molar-refractivity contribution in [2.75, 3.05) is 12.3 Å². The maximum absolute atomic E-state index is 11.8. The Morgan fingerprint density at radius 2 is 2.42 bits per heavy atom. The second-order valence-corrected chi connectivity index (χ2v) is 4.55. The number of hydrogen-bond acceptors (Lipinski definition) is 6. The molecule has 2 heterocycles. The number of aliphatic hydroxyl groups excluding tert-OH is 2. The normalized spacial score (nSPS) is 34.1. The summed E-state index contributed by atoms with van der Waals surface area (Å²) < 4.78 is 6.72. The number of nitrogens with two attached hydrogens (primary N) is 1. The Labute approximate surface area is 109 Å². The number of nitrogens with zero attached hydrogens (tertiary/aromatic N) is 2. The fourth-order valence-electron chi connectivity index (χ4n) is 2.20. The molecule has 1 saturated heterocycles. The second kappa shape index (κ2) is 4.66. The van der Waals surface area contributed by atoms with Crippen molar-refractivity contribution in [1.29, 1.82) is 0 Å². The molecule has 102 valence electrons. The van der Waals surface area contributed by atoms with Crippen LogP contribution in [0, 0.1) is 18.3 Å². The number of terminal acetylenes is 1. The third-order valence-corrected chi connectivity index (χ3v) is 3.36. The molecule has 1 aliphatic rings. The summed E-state index contributed by atoms with van der Waals surface area (Å²) in [4.78, 5) is 15.3. The van der Waals surface area contributed by atoms with E-state index in [2.05, 4.69) is 10.9 Å². The predicted molar refractivity (Wildman–Crippen MR) is 66.9 cm³/mol. The van der Waals surface area contributed by atoms with Gasteiger partial charge in [-0.15, -0.1) is 6.42 Å². The summed E-state index contributed by atoms with van der Waals surface area (Å²) in [5.74, 6) is 1.87. The van der Waals surface area contributed by atoms with Gasteiger partial charge in [-0.2, -0.15) is 4.98 Å². The van der Waals surface area contributed by atoms with Gasteiger partial charge >= 0.3 is 5.69 Å². The molecular weight excluding hydrogens is 250 g/mol. The molecular formula is C12H15N3O4. The molecule has 0 aromatic carbocycles. The minimum absolute atomic E-state index is 0.0952. The van der Waals surface area contributed by atoms with E-state index >= 15 is 0 Å². The first kappa shape index (κ1) is 13.5. The van der Waals surface area contributed by atoms with Crippen LogP contribution < -0.4 is 11.4 Å². The lowest BCUT2D eigenvalue weighted by Crippen LogP contribution is -2.43. The number of anilines is 1. The largest absolute Gasteiger partial charge is 0.392 e. The molecule has 1 fully saturated rings. The van der Waals surface area contributed by atoms with Crippen molar-refractivity contribution in [1.82, 2.24) is 9.55 Å². The van der Waals surface area contributed by atoms with Crippen LogP contribution in [0.4, 0.5) is 5.82 Å². The number of hydrogen-bond donors (Lipinski definition) is 3. The molecule has 0 aliphatic carbocycles. The van der Waals surface area contributed by atoms with Crippen molar-refractivity contribution in [3.63, 3.8) is 0 Å². The monoisotopic (exact) mass is 265 g/mol. The van der Waals surface area contributed by atoms with Crippen molar-refractivity contribution in [3.05, 3.63) is 22.7 Å². The number of ether oxygens (including phenoxy) is 1. The lowest BCUT2D eigenvalue weighted by Gasteiger charge is -2.23. The highest BCUT2D eigenvalue weighted by Crippen LogP contribution is 2.40. The summed E-state index contributed by atoms with van der Waals surface area (Å²) >= 11 is 0. The molecule has 0 unspecified atom stereocenters. The molecule has 0 bridgehead atoms. The minimum atomic E-state index is -1.51. The third kappa shape index (κ3) is 2.00. The van der Waals surface area contributed by atoms with Crippen LogP contribution in [0.15, 0.2) is 17.1 Å². The molecule has 2 rings (SSSR count). The smallest absolute Gasteiger partial charge is 0.351 e. The molecule has 1 aromatic rings. The lowest BCUT2D eigenvalue weighted by molar-refractivity contribution is -0.0918. The van der Waals surface area contributed by atoms with Gasteiger partial charge in [-0.1, -0.05) is 12.8 Å². The first-order valence-corrected chi connectivity index (χ1v) is 5.74. The highest BCUT2D eigenvalue weighted by atomic mass is 16.6. The summed E-state index contributed by atoms with van der Waals surface area (Å²) in [5.41, 5.74) is 3.30. The number of aromatic nitrogens is 2. The molecule has 1 aliphatic heterocycles. The molecule has 7 heteroatoms. The van der Waals surface area contributed by atoms with Crippen LogP contribution in [-0.2, 0) is 4.74 Å². The van der Waals surface area contributed by atoms with Gasteiger partial charge in [-0.05, 0) is 6.07 Å². The number of aliphatic hydroxyl groups is 2. The number of rotatable bonds is 2. The van der Waals surface area contributed by atoms with Gasteiger partial charge in [-0.3, -0.25) is 4.57 Å². The first-order chi connectivity index (χ1) is 8.95. The third-order valence-electron chi connectivity index (χ3n) is 3.36. The Hall–Kier alpha value is -1.88. The standard InChI is InChI=1S/C12H15N3O4/c1-3-12(6-16)9(17)7(2)10(19-12)15-5-4-8(13)14-11(15)18/h1,4-5,7,9-10,16-17H,6H2,2H3,(H2,13,14,18)/t7-,9-,10+,12+/m0/s1. The maximum atomic E-state index is 11.8. The molecule has 1 aromatic heterocycles. The Kier molecular flexibility index (Phi) is 3.32. The quantitative estimate of drug-likeness (QED) is 0.574. The van der Waals surface area contributed by atoms with Crippen LogP contribution in [0.25, 0.3) is 0 Å². The number of nitrogen functional groups attached to an aromatic ring is 1. The van der Waals surface area contributed by atoms with Gasteiger partial charge in [0, 0.05) is 12.1 Å². The summed E-state index contributed by atoms with van der Waals surface area (Å²) in [5, 5.41) is 19.4. The van der Waals surface area contributed by atoms with E-state index in [0.29, 0.717) is 0 Å². The van der Waals surface area contributed by atoms with Crippen LogP contribution in [-0.4, -0.2) is 38.1 Å². The fraction of sp³-hybridized carbons (Fsp3) is 0.500. The molecule has 4 atom stereocenters. The van der Waals surface area contributed by atoms with E-state index in [0.717, 1.165) is 0 Å². The van der Waals surface area contributed by atoms with Crippen LogP contribution in [0.3, 0.4) is 0 Å². The molecule has 0 saturated carbocycles. The van der Waals surface area contributed by atoms with Gasteiger partial charge in [0.15, 0.2) is 5.60 Å². The van der Waals surface area contributed by atoms with E-state index in [9.17, 15) is 15.0 Å². The van der Waals surface area contributed by atoms with Crippen LogP contribution >= 0.6 is 0 Å². The van der Waals surface area contributed by atoms with Crippen molar-refractivity contribution in [2.24, 2.45) is 5.92 Å². The van der Waals surface area contributed by atoms with Crippen molar-refractivity contribution < 1.29 is 14.9 Å². The second-order valence-electron chi connectivity index (χ2n) is 4.55. The zero-order chi connectivity index (χ0) is 14.2. The molecule has 4 N–H and O–H groups in total. The van der Waals surface area contributed by atoms with Crippen LogP contribution in [0.1, 0.15) is 13.2 Å². The van der Waals surface area contributed by atoms with Crippen LogP contribution in [0.2, 0.25) is 0 Å². The molecule has 19 heavy (non-hydrogen) atoms.